The van der Waals surface area contributed by atoms with Gasteiger partial charge < -0.3 is 14.6 Å². The molecule has 3 aromatic rings. The molecule has 1 aliphatic heterocycles. The van der Waals surface area contributed by atoms with Gasteiger partial charge in [-0.3, -0.25) is 9.59 Å². The number of benzene rings is 2. The molecule has 1 aromatic heterocycles. The van der Waals surface area contributed by atoms with Crippen LogP contribution in [-0.4, -0.2) is 61.8 Å². The van der Waals surface area contributed by atoms with E-state index in [4.69, 9.17) is 4.74 Å². The number of hydrogen-bond donors (Lipinski definition) is 1. The first-order valence-electron chi connectivity index (χ1n) is 9.61. The lowest BCUT2D eigenvalue weighted by molar-refractivity contribution is -0.127. The molecule has 8 nitrogen and oxygen atoms in total. The van der Waals surface area contributed by atoms with Gasteiger partial charge in [-0.25, -0.2) is 8.42 Å². The second kappa shape index (κ2) is 8.66. The second-order valence-corrected chi connectivity index (χ2v) is 9.93. The summed E-state index contributed by atoms with van der Waals surface area (Å²) >= 11 is 0.976. The lowest BCUT2D eigenvalue weighted by Crippen LogP contribution is -2.50. The molecule has 0 spiro atoms. The number of sulfonamides is 1. The number of rotatable bonds is 5. The Bertz CT molecular complexity index is 1300. The molecule has 1 amide bonds. The standard InChI is InChI=1S/C21H21N3O5S2/c1-29-18-5-3-2-4-15(18)6-9-20(25)23-10-12-24(13-11-23)31(27,28)16-7-8-17-19(14-16)30-21(26)22-17/h2-9,14H,10-13H2,1H3,(H,22,26). The topological polar surface area (TPSA) is 99.8 Å². The molecule has 0 atom stereocenters. The quantitative estimate of drug-likeness (QED) is 0.590. The molecule has 2 heterocycles. The first-order valence-corrected chi connectivity index (χ1v) is 11.9. The molecule has 1 N–H and O–H groups in total. The van der Waals surface area contributed by atoms with Gasteiger partial charge in [0.15, 0.2) is 0 Å². The smallest absolute Gasteiger partial charge is 0.305 e. The minimum Gasteiger partial charge on any atom is -0.496 e. The molecule has 0 radical (unpaired) electrons. The molecule has 1 fully saturated rings. The van der Waals surface area contributed by atoms with E-state index < -0.39 is 10.0 Å². The molecular formula is C21H21N3O5S2. The average molecular weight is 460 g/mol. The number of H-pyrrole nitrogens is 1. The molecule has 162 valence electrons. The van der Waals surface area contributed by atoms with Crippen molar-refractivity contribution < 1.29 is 17.9 Å². The number of hydrogen-bond acceptors (Lipinski definition) is 6. The summed E-state index contributed by atoms with van der Waals surface area (Å²) in [5.41, 5.74) is 1.41. The number of para-hydroxylation sites is 1. The molecule has 4 rings (SSSR count). The fraction of sp³-hybridized carbons (Fsp3) is 0.238. The highest BCUT2D eigenvalue weighted by molar-refractivity contribution is 7.89. The number of carbonyl (C=O) groups is 1. The lowest BCUT2D eigenvalue weighted by atomic mass is 10.2. The third kappa shape index (κ3) is 4.41. The Morgan fingerprint density at radius 1 is 1.13 bits per heavy atom. The summed E-state index contributed by atoms with van der Waals surface area (Å²) < 4.78 is 33.3. The summed E-state index contributed by atoms with van der Waals surface area (Å²) in [6, 6.07) is 12.0. The van der Waals surface area contributed by atoms with Crippen LogP contribution in [0.5, 0.6) is 5.75 Å². The van der Waals surface area contributed by atoms with E-state index in [1.165, 1.54) is 22.5 Å². The number of aromatic nitrogens is 1. The summed E-state index contributed by atoms with van der Waals surface area (Å²) in [6.45, 7) is 1.01. The molecule has 0 unspecified atom stereocenters. The first kappa shape index (κ1) is 21.3. The molecule has 10 heteroatoms. The van der Waals surface area contributed by atoms with Gasteiger partial charge in [0.1, 0.15) is 5.75 Å². The van der Waals surface area contributed by atoms with Crippen LogP contribution in [0.3, 0.4) is 0 Å². The van der Waals surface area contributed by atoms with Crippen LogP contribution in [0.15, 0.2) is 58.2 Å². The fourth-order valence-corrected chi connectivity index (χ4v) is 5.75. The third-order valence-electron chi connectivity index (χ3n) is 5.12. The fourth-order valence-electron chi connectivity index (χ4n) is 3.45. The summed E-state index contributed by atoms with van der Waals surface area (Å²) in [5.74, 6) is 0.494. The number of nitrogens with one attached hydrogen (secondary N) is 1. The number of nitrogens with zero attached hydrogens (tertiary/aromatic N) is 2. The Hall–Kier alpha value is -2.95. The van der Waals surface area contributed by atoms with Gasteiger partial charge in [0.2, 0.25) is 15.9 Å². The Kier molecular flexibility index (Phi) is 5.94. The van der Waals surface area contributed by atoms with E-state index >= 15 is 0 Å². The van der Waals surface area contributed by atoms with Crippen LogP contribution in [0, 0.1) is 0 Å². The molecule has 2 aromatic carbocycles. The van der Waals surface area contributed by atoms with Crippen LogP contribution in [0.4, 0.5) is 0 Å². The largest absolute Gasteiger partial charge is 0.496 e. The van der Waals surface area contributed by atoms with E-state index in [0.717, 1.165) is 16.9 Å². The van der Waals surface area contributed by atoms with Crippen molar-refractivity contribution in [1.82, 2.24) is 14.2 Å². The summed E-state index contributed by atoms with van der Waals surface area (Å²) in [6.07, 6.45) is 3.17. The molecule has 0 bridgehead atoms. The van der Waals surface area contributed by atoms with Gasteiger partial charge in [0, 0.05) is 37.8 Å². The number of fused-ring (bicyclic) bond motifs is 1. The number of thiazole rings is 1. The number of ether oxygens (including phenoxy) is 1. The SMILES string of the molecule is COc1ccccc1C=CC(=O)N1CCN(S(=O)(=O)c2ccc3[nH]c(=O)sc3c2)CC1. The highest BCUT2D eigenvalue weighted by Crippen LogP contribution is 2.23. The Morgan fingerprint density at radius 2 is 1.87 bits per heavy atom. The number of piperazine rings is 1. The van der Waals surface area contributed by atoms with Crippen LogP contribution >= 0.6 is 11.3 Å². The van der Waals surface area contributed by atoms with Crippen LogP contribution in [0.1, 0.15) is 5.56 Å². The van der Waals surface area contributed by atoms with Crippen molar-refractivity contribution in [2.75, 3.05) is 33.3 Å². The maximum atomic E-state index is 13.0. The monoisotopic (exact) mass is 459 g/mol. The molecule has 0 aliphatic carbocycles. The Morgan fingerprint density at radius 3 is 2.61 bits per heavy atom. The van der Waals surface area contributed by atoms with Gasteiger partial charge in [-0.05, 0) is 30.3 Å². The maximum Gasteiger partial charge on any atom is 0.305 e. The molecule has 1 aliphatic rings. The second-order valence-electron chi connectivity index (χ2n) is 6.98. The van der Waals surface area contributed by atoms with Crippen LogP contribution in [0.25, 0.3) is 16.3 Å². The maximum absolute atomic E-state index is 13.0. The summed E-state index contributed by atoms with van der Waals surface area (Å²) in [4.78, 5) is 28.2. The lowest BCUT2D eigenvalue weighted by Gasteiger charge is -2.33. The van der Waals surface area contributed by atoms with E-state index in [2.05, 4.69) is 4.98 Å². The highest BCUT2D eigenvalue weighted by Gasteiger charge is 2.30. The van der Waals surface area contributed by atoms with Crippen molar-refractivity contribution in [2.45, 2.75) is 4.90 Å². The Labute approximate surface area is 183 Å². The predicted molar refractivity (Wildman–Crippen MR) is 120 cm³/mol. The summed E-state index contributed by atoms with van der Waals surface area (Å²) in [5, 5.41) is 0. The molecule has 1 saturated heterocycles. The molecular weight excluding hydrogens is 438 g/mol. The zero-order chi connectivity index (χ0) is 22.0. The minimum atomic E-state index is -3.71. The zero-order valence-electron chi connectivity index (χ0n) is 16.8. The van der Waals surface area contributed by atoms with Crippen molar-refractivity contribution in [3.63, 3.8) is 0 Å². The van der Waals surface area contributed by atoms with E-state index in [1.54, 1.807) is 24.2 Å². The van der Waals surface area contributed by atoms with Crippen molar-refractivity contribution in [2.24, 2.45) is 0 Å². The van der Waals surface area contributed by atoms with Crippen molar-refractivity contribution in [3.05, 3.63) is 63.8 Å². The van der Waals surface area contributed by atoms with Crippen molar-refractivity contribution in [3.8, 4) is 5.75 Å². The number of methoxy groups -OCH3 is 1. The summed E-state index contributed by atoms with van der Waals surface area (Å²) in [7, 11) is -2.13. The Balaban J connectivity index is 1.43. The van der Waals surface area contributed by atoms with Crippen LogP contribution in [0.2, 0.25) is 0 Å². The highest BCUT2D eigenvalue weighted by atomic mass is 32.2. The van der Waals surface area contributed by atoms with Gasteiger partial charge in [-0.1, -0.05) is 29.5 Å². The van der Waals surface area contributed by atoms with E-state index in [1.807, 2.05) is 24.3 Å². The minimum absolute atomic E-state index is 0.145. The van der Waals surface area contributed by atoms with Gasteiger partial charge in [-0.15, -0.1) is 0 Å². The number of aromatic amines is 1. The van der Waals surface area contributed by atoms with Crippen molar-refractivity contribution in [1.29, 1.82) is 0 Å². The third-order valence-corrected chi connectivity index (χ3v) is 7.86. The van der Waals surface area contributed by atoms with Crippen molar-refractivity contribution >= 4 is 43.6 Å². The van der Waals surface area contributed by atoms with Gasteiger partial charge in [-0.2, -0.15) is 4.31 Å². The zero-order valence-corrected chi connectivity index (χ0v) is 18.4. The molecule has 31 heavy (non-hydrogen) atoms. The number of amides is 1. The van der Waals surface area contributed by atoms with Gasteiger partial charge in [0.05, 0.1) is 22.2 Å². The van der Waals surface area contributed by atoms with E-state index in [9.17, 15) is 18.0 Å². The average Bonchev–Trinajstić information content (AvgIpc) is 3.17. The van der Waals surface area contributed by atoms with Gasteiger partial charge >= 0.3 is 4.87 Å². The normalized spacial score (nSPS) is 15.6. The van der Waals surface area contributed by atoms with Crippen LogP contribution < -0.4 is 9.61 Å². The molecule has 0 saturated carbocycles. The van der Waals surface area contributed by atoms with Crippen LogP contribution in [-0.2, 0) is 14.8 Å². The van der Waals surface area contributed by atoms with E-state index in [0.29, 0.717) is 29.1 Å². The number of carbonyl (C=O) groups excluding carboxylic acids is 1. The van der Waals surface area contributed by atoms with E-state index in [-0.39, 0.29) is 28.8 Å². The first-order chi connectivity index (χ1) is 14.9. The van der Waals surface area contributed by atoms with Gasteiger partial charge in [0.25, 0.3) is 0 Å². The predicted octanol–water partition coefficient (Wildman–Crippen LogP) is 2.14.